The molecule has 2 amide bonds. The Kier molecular flexibility index (Phi) is 8.96. The Morgan fingerprint density at radius 1 is 1.20 bits per heavy atom. The molecule has 3 N–H and O–H groups in total. The molecular weight excluding hydrogens is 260 g/mol. The number of aliphatic carboxylic acids is 1. The predicted molar refractivity (Wildman–Crippen MR) is 77.5 cm³/mol. The van der Waals surface area contributed by atoms with Crippen LogP contribution in [0.15, 0.2) is 0 Å². The number of carboxylic acid groups (broad SMARTS) is 1. The van der Waals surface area contributed by atoms with E-state index in [2.05, 4.69) is 19.2 Å². The fraction of sp³-hybridized carbons (Fsp3) is 0.857. The zero-order valence-corrected chi connectivity index (χ0v) is 12.9. The number of carboxylic acids is 1. The monoisotopic (exact) mass is 288 g/mol. The highest BCUT2D eigenvalue weighted by atomic mass is 16.4. The van der Waals surface area contributed by atoms with Gasteiger partial charge in [0, 0.05) is 26.6 Å². The van der Waals surface area contributed by atoms with Crippen molar-refractivity contribution in [3.8, 4) is 0 Å². The highest BCUT2D eigenvalue weighted by Gasteiger charge is 2.16. The topological polar surface area (TPSA) is 89.9 Å². The summed E-state index contributed by atoms with van der Waals surface area (Å²) in [5, 5.41) is 20.7. The molecule has 0 aliphatic rings. The summed E-state index contributed by atoms with van der Waals surface area (Å²) in [6, 6.07) is -0.216. The summed E-state index contributed by atoms with van der Waals surface area (Å²) in [5.41, 5.74) is 0. The Balaban J connectivity index is 4.04. The van der Waals surface area contributed by atoms with E-state index in [1.165, 1.54) is 4.90 Å². The maximum atomic E-state index is 11.7. The van der Waals surface area contributed by atoms with E-state index in [0.29, 0.717) is 25.4 Å². The quantitative estimate of drug-likeness (QED) is 0.600. The molecule has 0 saturated heterocycles. The van der Waals surface area contributed by atoms with Gasteiger partial charge in [0.2, 0.25) is 0 Å². The predicted octanol–water partition coefficient (Wildman–Crippen LogP) is 1.54. The molecule has 0 saturated carbocycles. The van der Waals surface area contributed by atoms with Crippen molar-refractivity contribution in [2.24, 2.45) is 11.8 Å². The largest absolute Gasteiger partial charge is 0.481 e. The third-order valence-electron chi connectivity index (χ3n) is 3.35. The van der Waals surface area contributed by atoms with E-state index < -0.39 is 12.1 Å². The molecule has 0 heterocycles. The first kappa shape index (κ1) is 18.7. The van der Waals surface area contributed by atoms with Crippen molar-refractivity contribution in [2.45, 2.75) is 46.1 Å². The van der Waals surface area contributed by atoms with Crippen LogP contribution in [-0.4, -0.2) is 53.4 Å². The van der Waals surface area contributed by atoms with Crippen molar-refractivity contribution in [1.29, 1.82) is 0 Å². The number of likely N-dealkylation sites (N-methyl/N-ethyl adjacent to an activating group) is 1. The van der Waals surface area contributed by atoms with Gasteiger partial charge in [0.15, 0.2) is 0 Å². The van der Waals surface area contributed by atoms with Crippen LogP contribution in [0.25, 0.3) is 0 Å². The minimum absolute atomic E-state index is 0.165. The highest BCUT2D eigenvalue weighted by Crippen LogP contribution is 2.20. The van der Waals surface area contributed by atoms with Gasteiger partial charge in [-0.15, -0.1) is 0 Å². The standard InChI is InChI=1S/C14H28N2O4/c1-10(2)12(5-6-13(18)19)7-8-15-14(20)16(4)9-11(3)17/h10-12,17H,5-9H2,1-4H3,(H,15,20)(H,18,19). The molecule has 0 aromatic rings. The van der Waals surface area contributed by atoms with Crippen molar-refractivity contribution >= 4 is 12.0 Å². The second-order valence-corrected chi connectivity index (χ2v) is 5.69. The van der Waals surface area contributed by atoms with Gasteiger partial charge in [-0.3, -0.25) is 4.79 Å². The van der Waals surface area contributed by atoms with E-state index in [1.807, 2.05) is 0 Å². The number of carbonyl (C=O) groups excluding carboxylic acids is 1. The fourth-order valence-electron chi connectivity index (χ4n) is 2.10. The van der Waals surface area contributed by atoms with Crippen LogP contribution < -0.4 is 5.32 Å². The summed E-state index contributed by atoms with van der Waals surface area (Å²) in [6.45, 7) is 6.57. The molecular formula is C14H28N2O4. The van der Waals surface area contributed by atoms with Gasteiger partial charge in [-0.1, -0.05) is 13.8 Å². The van der Waals surface area contributed by atoms with Crippen LogP contribution in [-0.2, 0) is 4.79 Å². The first-order valence-corrected chi connectivity index (χ1v) is 7.12. The van der Waals surface area contributed by atoms with Gasteiger partial charge in [0.25, 0.3) is 0 Å². The number of aliphatic hydroxyl groups is 1. The Morgan fingerprint density at radius 2 is 1.80 bits per heavy atom. The maximum Gasteiger partial charge on any atom is 0.317 e. The molecule has 2 unspecified atom stereocenters. The van der Waals surface area contributed by atoms with Crippen molar-refractivity contribution < 1.29 is 19.8 Å². The van der Waals surface area contributed by atoms with Crippen LogP contribution >= 0.6 is 0 Å². The van der Waals surface area contributed by atoms with Gasteiger partial charge in [-0.2, -0.15) is 0 Å². The number of urea groups is 1. The van der Waals surface area contributed by atoms with Crippen LogP contribution in [0.3, 0.4) is 0 Å². The molecule has 0 aliphatic heterocycles. The van der Waals surface area contributed by atoms with E-state index >= 15 is 0 Å². The first-order valence-electron chi connectivity index (χ1n) is 7.12. The number of nitrogens with zero attached hydrogens (tertiary/aromatic N) is 1. The van der Waals surface area contributed by atoms with Crippen molar-refractivity contribution in [2.75, 3.05) is 20.1 Å². The summed E-state index contributed by atoms with van der Waals surface area (Å²) < 4.78 is 0. The molecule has 6 heteroatoms. The number of aliphatic hydroxyl groups excluding tert-OH is 1. The van der Waals surface area contributed by atoms with Gasteiger partial charge >= 0.3 is 12.0 Å². The number of rotatable bonds is 9. The third kappa shape index (κ3) is 8.74. The lowest BCUT2D eigenvalue weighted by atomic mass is 9.88. The molecule has 20 heavy (non-hydrogen) atoms. The Hall–Kier alpha value is -1.30. The summed E-state index contributed by atoms with van der Waals surface area (Å²) in [5.74, 6) is -0.105. The molecule has 0 bridgehead atoms. The Morgan fingerprint density at radius 3 is 2.25 bits per heavy atom. The number of amides is 2. The molecule has 0 rings (SSSR count). The lowest BCUT2D eigenvalue weighted by molar-refractivity contribution is -0.137. The number of carbonyl (C=O) groups is 2. The van der Waals surface area contributed by atoms with Crippen LogP contribution in [0.5, 0.6) is 0 Å². The van der Waals surface area contributed by atoms with E-state index in [4.69, 9.17) is 5.11 Å². The number of hydrogen-bond donors (Lipinski definition) is 3. The van der Waals surface area contributed by atoms with Gasteiger partial charge in [0.1, 0.15) is 0 Å². The second kappa shape index (κ2) is 9.58. The zero-order valence-electron chi connectivity index (χ0n) is 12.9. The van der Waals surface area contributed by atoms with Crippen LogP contribution in [0.1, 0.15) is 40.0 Å². The smallest absolute Gasteiger partial charge is 0.317 e. The molecule has 2 atom stereocenters. The molecule has 0 aliphatic carbocycles. The second-order valence-electron chi connectivity index (χ2n) is 5.69. The zero-order chi connectivity index (χ0) is 15.7. The molecule has 0 fully saturated rings. The average Bonchev–Trinajstić information content (AvgIpc) is 2.31. The lowest BCUT2D eigenvalue weighted by Gasteiger charge is -2.22. The summed E-state index contributed by atoms with van der Waals surface area (Å²) in [7, 11) is 1.63. The van der Waals surface area contributed by atoms with Crippen LogP contribution in [0.2, 0.25) is 0 Å². The van der Waals surface area contributed by atoms with Gasteiger partial charge in [-0.25, -0.2) is 4.79 Å². The molecule has 0 aromatic heterocycles. The van der Waals surface area contributed by atoms with E-state index in [9.17, 15) is 14.7 Å². The summed E-state index contributed by atoms with van der Waals surface area (Å²) in [4.78, 5) is 23.7. The fourth-order valence-corrected chi connectivity index (χ4v) is 2.10. The van der Waals surface area contributed by atoms with E-state index in [1.54, 1.807) is 14.0 Å². The van der Waals surface area contributed by atoms with Gasteiger partial charge in [-0.05, 0) is 31.6 Å². The molecule has 0 spiro atoms. The summed E-state index contributed by atoms with van der Waals surface area (Å²) in [6.07, 6.45) is 1.01. The molecule has 118 valence electrons. The third-order valence-corrected chi connectivity index (χ3v) is 3.35. The van der Waals surface area contributed by atoms with E-state index in [0.717, 1.165) is 6.42 Å². The molecule has 0 radical (unpaired) electrons. The minimum atomic E-state index is -0.781. The highest BCUT2D eigenvalue weighted by molar-refractivity contribution is 5.73. The molecule has 0 aromatic carbocycles. The Labute approximate surface area is 121 Å². The normalized spacial score (nSPS) is 13.9. The SMILES string of the molecule is CC(O)CN(C)C(=O)NCCC(CCC(=O)O)C(C)C. The van der Waals surface area contributed by atoms with Crippen molar-refractivity contribution in [3.63, 3.8) is 0 Å². The van der Waals surface area contributed by atoms with Gasteiger partial charge in [0.05, 0.1) is 6.10 Å². The van der Waals surface area contributed by atoms with Crippen LogP contribution in [0, 0.1) is 11.8 Å². The molecule has 6 nitrogen and oxygen atoms in total. The van der Waals surface area contributed by atoms with Crippen molar-refractivity contribution in [3.05, 3.63) is 0 Å². The lowest BCUT2D eigenvalue weighted by Crippen LogP contribution is -2.41. The van der Waals surface area contributed by atoms with Gasteiger partial charge < -0.3 is 20.4 Å². The number of nitrogens with one attached hydrogen (secondary N) is 1. The first-order chi connectivity index (χ1) is 9.23. The van der Waals surface area contributed by atoms with Crippen molar-refractivity contribution in [1.82, 2.24) is 10.2 Å². The van der Waals surface area contributed by atoms with Crippen LogP contribution in [0.4, 0.5) is 4.79 Å². The average molecular weight is 288 g/mol. The number of hydrogen-bond acceptors (Lipinski definition) is 3. The maximum absolute atomic E-state index is 11.7. The Bertz CT molecular complexity index is 306. The van der Waals surface area contributed by atoms with E-state index in [-0.39, 0.29) is 18.4 Å². The minimum Gasteiger partial charge on any atom is -0.481 e. The summed E-state index contributed by atoms with van der Waals surface area (Å²) >= 11 is 0.